The largest absolute Gasteiger partial charge is 0.497 e. The molecule has 0 saturated carbocycles. The molecular formula is C26H30F3N5O2. The van der Waals surface area contributed by atoms with Crippen molar-refractivity contribution in [3.63, 3.8) is 0 Å². The van der Waals surface area contributed by atoms with Gasteiger partial charge in [-0.05, 0) is 49.9 Å². The van der Waals surface area contributed by atoms with Crippen LogP contribution in [0.15, 0.2) is 54.7 Å². The number of nitrogens with zero attached hydrogens (tertiary/aromatic N) is 3. The molecule has 7 nitrogen and oxygen atoms in total. The quantitative estimate of drug-likeness (QED) is 0.418. The highest BCUT2D eigenvalue weighted by atomic mass is 19.4. The van der Waals surface area contributed by atoms with Crippen molar-refractivity contribution < 1.29 is 22.7 Å². The Bertz CT molecular complexity index is 1120. The molecule has 2 heterocycles. The van der Waals surface area contributed by atoms with Crippen molar-refractivity contribution in [1.29, 1.82) is 0 Å². The van der Waals surface area contributed by atoms with Gasteiger partial charge >= 0.3 is 6.18 Å². The van der Waals surface area contributed by atoms with Crippen LogP contribution in [-0.2, 0) is 17.5 Å². The predicted octanol–water partition coefficient (Wildman–Crippen LogP) is 5.48. The van der Waals surface area contributed by atoms with Crippen LogP contribution in [0.2, 0.25) is 0 Å². The third-order valence-electron chi connectivity index (χ3n) is 5.56. The summed E-state index contributed by atoms with van der Waals surface area (Å²) in [7, 11) is 1.33. The lowest BCUT2D eigenvalue weighted by Crippen LogP contribution is -2.30. The lowest BCUT2D eigenvalue weighted by atomic mass is 10.1. The van der Waals surface area contributed by atoms with Crippen molar-refractivity contribution >= 4 is 23.9 Å². The number of carbonyl (C=O) groups is 1. The van der Waals surface area contributed by atoms with Gasteiger partial charge in [0.05, 0.1) is 12.7 Å². The zero-order valence-corrected chi connectivity index (χ0v) is 20.3. The van der Waals surface area contributed by atoms with Gasteiger partial charge in [-0.25, -0.2) is 4.98 Å². The average molecular weight is 502 g/mol. The second kappa shape index (κ2) is 12.8. The molecule has 2 aromatic carbocycles. The molecule has 36 heavy (non-hydrogen) atoms. The van der Waals surface area contributed by atoms with Crippen molar-refractivity contribution in [1.82, 2.24) is 15.3 Å². The molecule has 3 aromatic rings. The Morgan fingerprint density at radius 3 is 2.42 bits per heavy atom. The maximum absolute atomic E-state index is 13.0. The number of piperidine rings is 1. The van der Waals surface area contributed by atoms with Crippen molar-refractivity contribution in [2.75, 3.05) is 30.4 Å². The van der Waals surface area contributed by atoms with Gasteiger partial charge in [0.1, 0.15) is 11.6 Å². The monoisotopic (exact) mass is 501 g/mol. The number of methoxy groups -OCH3 is 1. The summed E-state index contributed by atoms with van der Waals surface area (Å²) in [6.45, 7) is 4.50. The topological polar surface area (TPSA) is 79.4 Å². The van der Waals surface area contributed by atoms with E-state index in [-0.39, 0.29) is 17.4 Å². The Hall–Kier alpha value is -3.82. The van der Waals surface area contributed by atoms with E-state index in [9.17, 15) is 18.0 Å². The molecule has 4 rings (SSSR count). The van der Waals surface area contributed by atoms with Gasteiger partial charge in [-0.3, -0.25) is 4.79 Å². The maximum atomic E-state index is 13.0. The first-order chi connectivity index (χ1) is 17.3. The first kappa shape index (κ1) is 26.8. The molecule has 1 amide bonds. The number of aromatic nitrogens is 2. The van der Waals surface area contributed by atoms with Gasteiger partial charge in [0, 0.05) is 37.6 Å². The molecule has 1 aliphatic rings. The van der Waals surface area contributed by atoms with Gasteiger partial charge in [0.2, 0.25) is 12.4 Å². The summed E-state index contributed by atoms with van der Waals surface area (Å²) in [5.41, 5.74) is 1.80. The minimum Gasteiger partial charge on any atom is -0.497 e. The Balaban J connectivity index is 0.000000275. The lowest BCUT2D eigenvalue weighted by molar-refractivity contribution is -0.137. The Labute approximate surface area is 208 Å². The summed E-state index contributed by atoms with van der Waals surface area (Å²) in [5, 5.41) is 5.45. The number of benzene rings is 2. The van der Waals surface area contributed by atoms with Crippen molar-refractivity contribution in [3.05, 3.63) is 71.4 Å². The molecule has 0 spiro atoms. The molecule has 0 aliphatic carbocycles. The number of hydrogen-bond acceptors (Lipinski definition) is 6. The number of anilines is 3. The maximum Gasteiger partial charge on any atom is 0.416 e. The van der Waals surface area contributed by atoms with E-state index in [0.29, 0.717) is 13.0 Å². The van der Waals surface area contributed by atoms with Crippen LogP contribution in [0.5, 0.6) is 5.75 Å². The number of carbonyl (C=O) groups excluding carboxylic acids is 1. The number of amides is 1. The number of aryl methyl sites for hydroxylation is 1. The second-order valence-electron chi connectivity index (χ2n) is 8.34. The molecule has 1 aliphatic heterocycles. The highest BCUT2D eigenvalue weighted by molar-refractivity contribution is 5.59. The van der Waals surface area contributed by atoms with Crippen molar-refractivity contribution in [2.24, 2.45) is 0 Å². The van der Waals surface area contributed by atoms with Gasteiger partial charge in [0.15, 0.2) is 0 Å². The zero-order chi connectivity index (χ0) is 26.0. The van der Waals surface area contributed by atoms with E-state index in [4.69, 9.17) is 4.74 Å². The van der Waals surface area contributed by atoms with E-state index in [2.05, 4.69) is 25.5 Å². The third kappa shape index (κ3) is 8.14. The Morgan fingerprint density at radius 1 is 1.06 bits per heavy atom. The van der Waals surface area contributed by atoms with Crippen LogP contribution in [-0.4, -0.2) is 36.6 Å². The molecule has 1 saturated heterocycles. The van der Waals surface area contributed by atoms with Crippen molar-refractivity contribution in [3.8, 4) is 5.75 Å². The summed E-state index contributed by atoms with van der Waals surface area (Å²) >= 11 is 0. The molecule has 10 heteroatoms. The summed E-state index contributed by atoms with van der Waals surface area (Å²) in [6.07, 6.45) is 1.28. The first-order valence-electron chi connectivity index (χ1n) is 11.6. The molecule has 2 N–H and O–H groups in total. The lowest BCUT2D eigenvalue weighted by Gasteiger charge is -2.27. The van der Waals surface area contributed by atoms with Crippen LogP contribution in [0.1, 0.15) is 36.0 Å². The van der Waals surface area contributed by atoms with Gasteiger partial charge < -0.3 is 20.3 Å². The van der Waals surface area contributed by atoms with E-state index in [1.807, 2.05) is 37.3 Å². The van der Waals surface area contributed by atoms with Crippen LogP contribution in [0, 0.1) is 6.92 Å². The smallest absolute Gasteiger partial charge is 0.416 e. The SMILES string of the molecule is COc1cc(Nc2nccc(N3CCCCC3)n2)cc(C(F)(F)F)c1.Cc1ccc(CNC=O)cc1. The number of nitrogens with one attached hydrogen (secondary N) is 2. The van der Waals surface area contributed by atoms with Crippen molar-refractivity contribution in [2.45, 2.75) is 38.9 Å². The molecule has 0 unspecified atom stereocenters. The van der Waals surface area contributed by atoms with E-state index in [1.54, 1.807) is 6.20 Å². The number of halogens is 3. The summed E-state index contributed by atoms with van der Waals surface area (Å²) in [6, 6.07) is 13.3. The van der Waals surface area contributed by atoms with Gasteiger partial charge in [-0.1, -0.05) is 29.8 Å². The Morgan fingerprint density at radius 2 is 1.78 bits per heavy atom. The second-order valence-corrected chi connectivity index (χ2v) is 8.34. The number of alkyl halides is 3. The van der Waals surface area contributed by atoms with Crippen LogP contribution >= 0.6 is 0 Å². The fraction of sp³-hybridized carbons (Fsp3) is 0.346. The molecule has 0 bridgehead atoms. The van der Waals surface area contributed by atoms with Crippen LogP contribution in [0.25, 0.3) is 0 Å². The van der Waals surface area contributed by atoms with Crippen LogP contribution in [0.3, 0.4) is 0 Å². The average Bonchev–Trinajstić information content (AvgIpc) is 2.89. The van der Waals surface area contributed by atoms with E-state index in [1.165, 1.54) is 25.2 Å². The standard InChI is InChI=1S/C17H19F3N4O.C9H11NO/c1-25-14-10-12(17(18,19)20)9-13(11-14)22-16-21-6-5-15(23-16)24-7-3-2-4-8-24;1-8-2-4-9(5-3-8)6-10-7-11/h5-6,9-11H,2-4,7-8H2,1H3,(H,21,22,23);2-5,7H,6H2,1H3,(H,10,11). The number of rotatable bonds is 7. The summed E-state index contributed by atoms with van der Waals surface area (Å²) in [5.74, 6) is 1.14. The fourth-order valence-corrected chi connectivity index (χ4v) is 3.66. The van der Waals surface area contributed by atoms with E-state index < -0.39 is 11.7 Å². The van der Waals surface area contributed by atoms with E-state index in [0.717, 1.165) is 49.4 Å². The number of hydrogen-bond donors (Lipinski definition) is 2. The van der Waals surface area contributed by atoms with Gasteiger partial charge in [-0.2, -0.15) is 18.2 Å². The molecule has 0 atom stereocenters. The minimum atomic E-state index is -4.46. The first-order valence-corrected chi connectivity index (χ1v) is 11.6. The minimum absolute atomic E-state index is 0.115. The number of ether oxygens (including phenoxy) is 1. The summed E-state index contributed by atoms with van der Waals surface area (Å²) in [4.78, 5) is 20.6. The molecular weight excluding hydrogens is 471 g/mol. The fourth-order valence-electron chi connectivity index (χ4n) is 3.66. The summed E-state index contributed by atoms with van der Waals surface area (Å²) < 4.78 is 44.0. The highest BCUT2D eigenvalue weighted by Crippen LogP contribution is 2.34. The molecule has 0 radical (unpaired) electrons. The molecule has 1 fully saturated rings. The zero-order valence-electron chi connectivity index (χ0n) is 20.3. The Kier molecular flexibility index (Phi) is 9.49. The predicted molar refractivity (Wildman–Crippen MR) is 133 cm³/mol. The highest BCUT2D eigenvalue weighted by Gasteiger charge is 2.31. The van der Waals surface area contributed by atoms with E-state index >= 15 is 0 Å². The molecule has 192 valence electrons. The third-order valence-corrected chi connectivity index (χ3v) is 5.56. The van der Waals surface area contributed by atoms with Gasteiger partial charge in [0.25, 0.3) is 0 Å². The normalized spacial score (nSPS) is 13.3. The van der Waals surface area contributed by atoms with Crippen LogP contribution in [0.4, 0.5) is 30.6 Å². The van der Waals surface area contributed by atoms with Gasteiger partial charge in [-0.15, -0.1) is 0 Å². The van der Waals surface area contributed by atoms with Crippen LogP contribution < -0.4 is 20.3 Å². The molecule has 1 aromatic heterocycles.